The first kappa shape index (κ1) is 16.4. The second-order valence-electron chi connectivity index (χ2n) is 6.70. The van der Waals surface area contributed by atoms with Crippen LogP contribution < -0.4 is 5.56 Å². The average Bonchev–Trinajstić information content (AvgIpc) is 2.64. The van der Waals surface area contributed by atoms with Crippen molar-refractivity contribution in [2.75, 3.05) is 13.1 Å². The maximum atomic E-state index is 12.9. The number of aromatic amines is 1. The van der Waals surface area contributed by atoms with E-state index in [1.165, 1.54) is 19.3 Å². The molecule has 1 saturated heterocycles. The number of likely N-dealkylation sites (tertiary alicyclic amines) is 1. The molecule has 25 heavy (non-hydrogen) atoms. The fourth-order valence-corrected chi connectivity index (χ4v) is 3.90. The molecule has 0 unspecified atom stereocenters. The van der Waals surface area contributed by atoms with E-state index in [2.05, 4.69) is 22.0 Å². The Kier molecular flexibility index (Phi) is 4.60. The Labute approximate surface area is 152 Å². The summed E-state index contributed by atoms with van der Waals surface area (Å²) in [5, 5.41) is 1.69. The topological polar surface area (TPSA) is 36.1 Å². The molecule has 1 aliphatic heterocycles. The minimum absolute atomic E-state index is 0.000695. The number of hydrogen-bond acceptors (Lipinski definition) is 2. The summed E-state index contributed by atoms with van der Waals surface area (Å²) < 4.78 is 0. The van der Waals surface area contributed by atoms with E-state index in [-0.39, 0.29) is 5.56 Å². The third-order valence-corrected chi connectivity index (χ3v) is 5.20. The van der Waals surface area contributed by atoms with E-state index < -0.39 is 0 Å². The summed E-state index contributed by atoms with van der Waals surface area (Å²) in [4.78, 5) is 18.3. The van der Waals surface area contributed by atoms with E-state index in [1.54, 1.807) is 0 Å². The molecule has 4 rings (SSSR count). The van der Waals surface area contributed by atoms with Crippen LogP contribution in [0.1, 0.15) is 24.8 Å². The second-order valence-corrected chi connectivity index (χ2v) is 7.14. The molecule has 0 amide bonds. The highest BCUT2D eigenvalue weighted by Crippen LogP contribution is 2.32. The lowest BCUT2D eigenvalue weighted by Gasteiger charge is -2.27. The van der Waals surface area contributed by atoms with E-state index in [0.717, 1.165) is 40.7 Å². The average molecular weight is 353 g/mol. The Morgan fingerprint density at radius 2 is 1.76 bits per heavy atom. The van der Waals surface area contributed by atoms with Crippen LogP contribution in [0.4, 0.5) is 0 Å². The monoisotopic (exact) mass is 352 g/mol. The number of nitrogens with one attached hydrogen (secondary N) is 1. The fraction of sp³-hybridized carbons (Fsp3) is 0.286. The molecule has 0 atom stereocenters. The molecule has 128 valence electrons. The molecule has 3 nitrogen and oxygen atoms in total. The molecule has 3 aromatic rings. The number of rotatable bonds is 3. The maximum absolute atomic E-state index is 12.9. The summed E-state index contributed by atoms with van der Waals surface area (Å²) >= 11 is 6.26. The van der Waals surface area contributed by atoms with E-state index in [4.69, 9.17) is 11.6 Å². The Morgan fingerprint density at radius 3 is 2.52 bits per heavy atom. The summed E-state index contributed by atoms with van der Waals surface area (Å²) in [7, 11) is 0. The lowest BCUT2D eigenvalue weighted by atomic mass is 9.95. The molecule has 1 N–H and O–H groups in total. The largest absolute Gasteiger partial charge is 0.322 e. The van der Waals surface area contributed by atoms with Crippen molar-refractivity contribution in [1.29, 1.82) is 0 Å². The van der Waals surface area contributed by atoms with Crippen molar-refractivity contribution in [2.45, 2.75) is 25.8 Å². The van der Waals surface area contributed by atoms with Gasteiger partial charge in [0.05, 0.1) is 0 Å². The molecule has 2 aromatic carbocycles. The maximum Gasteiger partial charge on any atom is 0.253 e. The number of halogens is 1. The zero-order valence-electron chi connectivity index (χ0n) is 14.1. The lowest BCUT2D eigenvalue weighted by Crippen LogP contribution is -2.32. The van der Waals surface area contributed by atoms with Gasteiger partial charge in [-0.05, 0) is 49.7 Å². The highest BCUT2D eigenvalue weighted by Gasteiger charge is 2.19. The quantitative estimate of drug-likeness (QED) is 0.732. The molecule has 1 aliphatic rings. The van der Waals surface area contributed by atoms with Crippen molar-refractivity contribution in [3.05, 3.63) is 69.5 Å². The molecular formula is C21H21ClN2O. The van der Waals surface area contributed by atoms with Crippen LogP contribution in [-0.4, -0.2) is 23.0 Å². The first-order chi connectivity index (χ1) is 12.2. The van der Waals surface area contributed by atoms with Crippen LogP contribution >= 0.6 is 11.6 Å². The number of hydrogen-bond donors (Lipinski definition) is 1. The number of pyridine rings is 1. The normalized spacial score (nSPS) is 15.6. The van der Waals surface area contributed by atoms with Gasteiger partial charge in [0.2, 0.25) is 0 Å². The molecule has 2 heterocycles. The second kappa shape index (κ2) is 7.03. The third-order valence-electron chi connectivity index (χ3n) is 4.97. The SMILES string of the molecule is O=c1[nH]c2ccc(Cl)cc2c(-c2ccccc2)c1CN1CCCCC1. The number of fused-ring (bicyclic) bond motifs is 1. The van der Waals surface area contributed by atoms with Crippen LogP contribution in [0.2, 0.25) is 5.02 Å². The van der Waals surface area contributed by atoms with Gasteiger partial charge < -0.3 is 4.98 Å². The number of nitrogens with zero attached hydrogens (tertiary/aromatic N) is 1. The molecule has 0 radical (unpaired) electrons. The van der Waals surface area contributed by atoms with E-state index in [9.17, 15) is 4.79 Å². The van der Waals surface area contributed by atoms with Gasteiger partial charge >= 0.3 is 0 Å². The standard InChI is InChI=1S/C21H21ClN2O/c22-16-9-10-19-17(13-16)20(15-7-3-1-4-8-15)18(21(25)23-19)14-24-11-5-2-6-12-24/h1,3-4,7-10,13H,2,5-6,11-12,14H2,(H,23,25). The van der Waals surface area contributed by atoms with Crippen LogP contribution in [0.15, 0.2) is 53.3 Å². The molecule has 1 fully saturated rings. The van der Waals surface area contributed by atoms with Crippen LogP contribution in [0, 0.1) is 0 Å². The van der Waals surface area contributed by atoms with Gasteiger partial charge in [0, 0.05) is 33.6 Å². The fourth-order valence-electron chi connectivity index (χ4n) is 3.73. The number of aromatic nitrogens is 1. The van der Waals surface area contributed by atoms with E-state index in [0.29, 0.717) is 11.6 Å². The summed E-state index contributed by atoms with van der Waals surface area (Å²) in [6.07, 6.45) is 3.70. The lowest BCUT2D eigenvalue weighted by molar-refractivity contribution is 0.220. The Balaban J connectivity index is 1.93. The van der Waals surface area contributed by atoms with Crippen LogP contribution in [-0.2, 0) is 6.54 Å². The molecule has 1 aromatic heterocycles. The summed E-state index contributed by atoms with van der Waals surface area (Å²) in [5.74, 6) is 0. The highest BCUT2D eigenvalue weighted by atomic mass is 35.5. The highest BCUT2D eigenvalue weighted by molar-refractivity contribution is 6.31. The first-order valence-corrected chi connectivity index (χ1v) is 9.22. The van der Waals surface area contributed by atoms with Crippen molar-refractivity contribution >= 4 is 22.5 Å². The Hall–Kier alpha value is -2.10. The van der Waals surface area contributed by atoms with Crippen molar-refractivity contribution in [3.8, 4) is 11.1 Å². The van der Waals surface area contributed by atoms with Crippen molar-refractivity contribution in [1.82, 2.24) is 9.88 Å². The van der Waals surface area contributed by atoms with Crippen molar-refractivity contribution in [2.24, 2.45) is 0 Å². The van der Waals surface area contributed by atoms with Gasteiger partial charge in [0.25, 0.3) is 5.56 Å². The Morgan fingerprint density at radius 1 is 1.00 bits per heavy atom. The molecular weight excluding hydrogens is 332 g/mol. The van der Waals surface area contributed by atoms with Gasteiger partial charge in [-0.15, -0.1) is 0 Å². The smallest absolute Gasteiger partial charge is 0.253 e. The van der Waals surface area contributed by atoms with Gasteiger partial charge in [-0.3, -0.25) is 9.69 Å². The third kappa shape index (κ3) is 3.35. The van der Waals surface area contributed by atoms with E-state index in [1.807, 2.05) is 36.4 Å². The van der Waals surface area contributed by atoms with Crippen molar-refractivity contribution in [3.63, 3.8) is 0 Å². The van der Waals surface area contributed by atoms with Crippen molar-refractivity contribution < 1.29 is 0 Å². The summed E-state index contributed by atoms with van der Waals surface area (Å²) in [6, 6.07) is 15.8. The number of piperidine rings is 1. The minimum atomic E-state index is -0.000695. The predicted octanol–water partition coefficient (Wildman–Crippen LogP) is 4.83. The van der Waals surface area contributed by atoms with Crippen LogP contribution in [0.5, 0.6) is 0 Å². The number of benzene rings is 2. The zero-order valence-corrected chi connectivity index (χ0v) is 14.9. The van der Waals surface area contributed by atoms with Gasteiger partial charge in [-0.2, -0.15) is 0 Å². The molecule has 0 spiro atoms. The first-order valence-electron chi connectivity index (χ1n) is 8.84. The van der Waals surface area contributed by atoms with E-state index >= 15 is 0 Å². The Bertz CT molecular complexity index is 943. The van der Waals surface area contributed by atoms with Gasteiger partial charge in [0.15, 0.2) is 0 Å². The molecule has 4 heteroatoms. The van der Waals surface area contributed by atoms with Crippen LogP contribution in [0.3, 0.4) is 0 Å². The summed E-state index contributed by atoms with van der Waals surface area (Å²) in [5.41, 5.74) is 3.73. The van der Waals surface area contributed by atoms with Gasteiger partial charge in [-0.25, -0.2) is 0 Å². The summed E-state index contributed by atoms with van der Waals surface area (Å²) in [6.45, 7) is 2.80. The van der Waals surface area contributed by atoms with Crippen LogP contribution in [0.25, 0.3) is 22.0 Å². The predicted molar refractivity (Wildman–Crippen MR) is 104 cm³/mol. The minimum Gasteiger partial charge on any atom is -0.322 e. The molecule has 0 saturated carbocycles. The number of H-pyrrole nitrogens is 1. The molecule has 0 bridgehead atoms. The van der Waals surface area contributed by atoms with Gasteiger partial charge in [-0.1, -0.05) is 48.4 Å². The molecule has 0 aliphatic carbocycles. The van der Waals surface area contributed by atoms with Gasteiger partial charge in [0.1, 0.15) is 0 Å². The zero-order chi connectivity index (χ0) is 17.2.